The SMILES string of the molecule is CN(C)P(=O)(O)OCc1ccccc1. The zero-order chi connectivity index (χ0) is 10.6. The average molecular weight is 215 g/mol. The fraction of sp³-hybridized carbons (Fsp3) is 0.333. The third-order valence-electron chi connectivity index (χ3n) is 1.75. The first-order valence-electron chi connectivity index (χ1n) is 4.21. The quantitative estimate of drug-likeness (QED) is 0.779. The monoisotopic (exact) mass is 215 g/mol. The molecule has 1 unspecified atom stereocenters. The molecule has 0 aliphatic carbocycles. The van der Waals surface area contributed by atoms with Gasteiger partial charge in [-0.1, -0.05) is 30.3 Å². The predicted octanol–water partition coefficient (Wildman–Crippen LogP) is 1.87. The summed E-state index contributed by atoms with van der Waals surface area (Å²) in [4.78, 5) is 9.31. The molecule has 14 heavy (non-hydrogen) atoms. The molecule has 0 aliphatic rings. The molecule has 0 amide bonds. The van der Waals surface area contributed by atoms with Crippen LogP contribution in [0.15, 0.2) is 30.3 Å². The van der Waals surface area contributed by atoms with Crippen molar-refractivity contribution in [3.05, 3.63) is 35.9 Å². The van der Waals surface area contributed by atoms with E-state index in [2.05, 4.69) is 0 Å². The van der Waals surface area contributed by atoms with Gasteiger partial charge in [-0.3, -0.25) is 4.52 Å². The Morgan fingerprint density at radius 2 is 1.93 bits per heavy atom. The molecule has 0 fully saturated rings. The minimum absolute atomic E-state index is 0.146. The topological polar surface area (TPSA) is 49.8 Å². The minimum Gasteiger partial charge on any atom is -0.312 e. The number of hydrogen-bond donors (Lipinski definition) is 1. The van der Waals surface area contributed by atoms with Crippen LogP contribution < -0.4 is 0 Å². The Morgan fingerprint density at radius 1 is 1.36 bits per heavy atom. The van der Waals surface area contributed by atoms with E-state index in [1.54, 1.807) is 0 Å². The minimum atomic E-state index is -3.60. The van der Waals surface area contributed by atoms with Gasteiger partial charge in [0.25, 0.3) is 0 Å². The maximum Gasteiger partial charge on any atom is 0.405 e. The molecular formula is C9H14NO3P. The van der Waals surface area contributed by atoms with Crippen molar-refractivity contribution in [2.45, 2.75) is 6.61 Å². The second kappa shape index (κ2) is 4.71. The van der Waals surface area contributed by atoms with Crippen molar-refractivity contribution in [1.82, 2.24) is 4.67 Å². The molecule has 0 radical (unpaired) electrons. The summed E-state index contributed by atoms with van der Waals surface area (Å²) < 4.78 is 17.4. The lowest BCUT2D eigenvalue weighted by Gasteiger charge is -2.17. The molecule has 0 heterocycles. The zero-order valence-electron chi connectivity index (χ0n) is 8.25. The van der Waals surface area contributed by atoms with Crippen LogP contribution in [-0.4, -0.2) is 23.7 Å². The van der Waals surface area contributed by atoms with E-state index in [0.717, 1.165) is 5.56 Å². The lowest BCUT2D eigenvalue weighted by atomic mass is 10.2. The van der Waals surface area contributed by atoms with Crippen LogP contribution in [0, 0.1) is 0 Å². The fourth-order valence-corrected chi connectivity index (χ4v) is 1.40. The maximum atomic E-state index is 11.3. The molecule has 78 valence electrons. The predicted molar refractivity (Wildman–Crippen MR) is 54.7 cm³/mol. The van der Waals surface area contributed by atoms with E-state index in [9.17, 15) is 9.46 Å². The lowest BCUT2D eigenvalue weighted by Crippen LogP contribution is -2.10. The molecule has 1 N–H and O–H groups in total. The van der Waals surface area contributed by atoms with Crippen LogP contribution in [0.4, 0.5) is 0 Å². The van der Waals surface area contributed by atoms with Gasteiger partial charge in [0.2, 0.25) is 0 Å². The average Bonchev–Trinajstić information content (AvgIpc) is 2.16. The van der Waals surface area contributed by atoms with Crippen molar-refractivity contribution in [2.75, 3.05) is 14.1 Å². The second-order valence-corrected chi connectivity index (χ2v) is 5.14. The number of benzene rings is 1. The highest BCUT2D eigenvalue weighted by Gasteiger charge is 2.22. The highest BCUT2D eigenvalue weighted by Crippen LogP contribution is 2.44. The van der Waals surface area contributed by atoms with Crippen LogP contribution in [0.3, 0.4) is 0 Å². The molecule has 0 saturated carbocycles. The summed E-state index contributed by atoms with van der Waals surface area (Å²) in [6.45, 7) is 0.146. The Kier molecular flexibility index (Phi) is 3.84. The van der Waals surface area contributed by atoms with Crippen molar-refractivity contribution in [2.24, 2.45) is 0 Å². The smallest absolute Gasteiger partial charge is 0.312 e. The van der Waals surface area contributed by atoms with Crippen molar-refractivity contribution in [3.63, 3.8) is 0 Å². The van der Waals surface area contributed by atoms with Gasteiger partial charge in [0.1, 0.15) is 0 Å². The molecule has 4 nitrogen and oxygen atoms in total. The molecule has 1 aromatic carbocycles. The first-order valence-corrected chi connectivity index (χ1v) is 5.74. The molecule has 0 saturated heterocycles. The van der Waals surface area contributed by atoms with Crippen molar-refractivity contribution in [1.29, 1.82) is 0 Å². The number of nitrogens with zero attached hydrogens (tertiary/aromatic N) is 1. The summed E-state index contributed by atoms with van der Waals surface area (Å²) in [5, 5.41) is 0. The van der Waals surface area contributed by atoms with Crippen LogP contribution in [-0.2, 0) is 15.7 Å². The van der Waals surface area contributed by atoms with Gasteiger partial charge in [-0.2, -0.15) is 0 Å². The molecule has 1 atom stereocenters. The van der Waals surface area contributed by atoms with Crippen LogP contribution in [0.5, 0.6) is 0 Å². The van der Waals surface area contributed by atoms with Crippen LogP contribution in [0.25, 0.3) is 0 Å². The van der Waals surface area contributed by atoms with E-state index in [-0.39, 0.29) is 6.61 Å². The molecule has 0 bridgehead atoms. The third kappa shape index (κ3) is 3.24. The van der Waals surface area contributed by atoms with E-state index in [1.165, 1.54) is 18.8 Å². The van der Waals surface area contributed by atoms with Gasteiger partial charge in [-0.25, -0.2) is 9.24 Å². The van der Waals surface area contributed by atoms with Gasteiger partial charge < -0.3 is 4.89 Å². The van der Waals surface area contributed by atoms with Gasteiger partial charge in [0.05, 0.1) is 6.61 Å². The Bertz CT molecular complexity index is 326. The molecule has 1 aromatic rings. The van der Waals surface area contributed by atoms with Gasteiger partial charge >= 0.3 is 7.75 Å². The normalized spacial score (nSPS) is 15.4. The Balaban J connectivity index is 2.54. The first kappa shape index (κ1) is 11.4. The summed E-state index contributed by atoms with van der Waals surface area (Å²) in [5.41, 5.74) is 0.878. The Morgan fingerprint density at radius 3 is 2.43 bits per heavy atom. The van der Waals surface area contributed by atoms with E-state index < -0.39 is 7.75 Å². The second-order valence-electron chi connectivity index (χ2n) is 3.10. The molecule has 0 aliphatic heterocycles. The molecule has 1 rings (SSSR count). The summed E-state index contributed by atoms with van der Waals surface area (Å²) in [6, 6.07) is 9.28. The van der Waals surface area contributed by atoms with E-state index in [4.69, 9.17) is 4.52 Å². The number of hydrogen-bond acceptors (Lipinski definition) is 2. The van der Waals surface area contributed by atoms with Gasteiger partial charge in [0.15, 0.2) is 0 Å². The summed E-state index contributed by atoms with van der Waals surface area (Å²) in [6.07, 6.45) is 0. The standard InChI is InChI=1S/C9H14NO3P/c1-10(2)14(11,12)13-8-9-6-4-3-5-7-9/h3-7H,8H2,1-2H3,(H,11,12). The molecule has 0 aromatic heterocycles. The van der Waals surface area contributed by atoms with Crippen LogP contribution in [0.1, 0.15) is 5.56 Å². The third-order valence-corrected chi connectivity index (χ3v) is 3.22. The van der Waals surface area contributed by atoms with E-state index in [1.807, 2.05) is 30.3 Å². The molecule has 5 heteroatoms. The highest BCUT2D eigenvalue weighted by molar-refractivity contribution is 7.50. The fourth-order valence-electron chi connectivity index (χ4n) is 0.848. The van der Waals surface area contributed by atoms with E-state index >= 15 is 0 Å². The van der Waals surface area contributed by atoms with Crippen molar-refractivity contribution >= 4 is 7.75 Å². The molecular weight excluding hydrogens is 201 g/mol. The Labute approximate surface area is 83.7 Å². The van der Waals surface area contributed by atoms with Gasteiger partial charge in [-0.05, 0) is 19.7 Å². The largest absolute Gasteiger partial charge is 0.405 e. The summed E-state index contributed by atoms with van der Waals surface area (Å²) >= 11 is 0. The lowest BCUT2D eigenvalue weighted by molar-refractivity contribution is 0.213. The number of rotatable bonds is 4. The van der Waals surface area contributed by atoms with E-state index in [0.29, 0.717) is 0 Å². The highest BCUT2D eigenvalue weighted by atomic mass is 31.2. The van der Waals surface area contributed by atoms with Crippen LogP contribution >= 0.6 is 7.75 Å². The zero-order valence-corrected chi connectivity index (χ0v) is 9.15. The first-order chi connectivity index (χ1) is 6.52. The summed E-state index contributed by atoms with van der Waals surface area (Å²) in [5.74, 6) is 0. The van der Waals surface area contributed by atoms with Gasteiger partial charge in [-0.15, -0.1) is 0 Å². The van der Waals surface area contributed by atoms with Gasteiger partial charge in [0, 0.05) is 0 Å². The van der Waals surface area contributed by atoms with Crippen LogP contribution in [0.2, 0.25) is 0 Å². The summed E-state index contributed by atoms with van der Waals surface area (Å²) in [7, 11) is -0.585. The Hall–Kier alpha value is -0.670. The van der Waals surface area contributed by atoms with Crippen molar-refractivity contribution < 1.29 is 14.0 Å². The van der Waals surface area contributed by atoms with Crippen molar-refractivity contribution in [3.8, 4) is 0 Å². The molecule has 0 spiro atoms. The maximum absolute atomic E-state index is 11.3.